The predicted molar refractivity (Wildman–Crippen MR) is 294 cm³/mol. The van der Waals surface area contributed by atoms with Gasteiger partial charge in [0.1, 0.15) is 7.99 Å². The Balaban J connectivity index is 3.85. The first-order valence-corrected chi connectivity index (χ1v) is 62.2. The largest absolute Gasteiger partial charge is 0.384 e. The average molecular weight is 958 g/mol. The second-order valence-corrected chi connectivity index (χ2v) is 105. The Morgan fingerprint density at radius 3 is 0.982 bits per heavy atom. The van der Waals surface area contributed by atoms with Gasteiger partial charge in [0.2, 0.25) is 0 Å². The van der Waals surface area contributed by atoms with E-state index in [2.05, 4.69) is 227 Å². The molecular formula is C41H100N2Si12. The smallest absolute Gasteiger partial charge is 0.141 e. The van der Waals surface area contributed by atoms with Crippen LogP contribution in [0.15, 0.2) is 24.0 Å². The van der Waals surface area contributed by atoms with Crippen LogP contribution in [0.4, 0.5) is 0 Å². The molecule has 2 rings (SSSR count). The lowest BCUT2D eigenvalue weighted by atomic mass is 10.3. The molecule has 1 atom stereocenters. The van der Waals surface area contributed by atoms with Crippen molar-refractivity contribution >= 4 is 101 Å². The molecule has 0 aromatic carbocycles. The summed E-state index contributed by atoms with van der Waals surface area (Å²) < 4.78 is 3.31. The van der Waals surface area contributed by atoms with E-state index in [4.69, 9.17) is 0 Å². The number of allylic oxidation sites excluding steroid dienone is 1. The number of likely N-dealkylation sites (N-methyl/N-ethyl adjacent to an activating group) is 1. The van der Waals surface area contributed by atoms with Crippen molar-refractivity contribution in [2.45, 2.75) is 215 Å². The number of hydrogen-bond donors (Lipinski definition) is 0. The molecule has 0 saturated carbocycles. The summed E-state index contributed by atoms with van der Waals surface area (Å²) in [5.41, 5.74) is 3.20. The monoisotopic (exact) mass is 957 g/mol. The first-order valence-electron chi connectivity index (χ1n) is 22.5. The summed E-state index contributed by atoms with van der Waals surface area (Å²) in [5, 5.41) is 1.98. The third-order valence-corrected chi connectivity index (χ3v) is 136. The van der Waals surface area contributed by atoms with Gasteiger partial charge in [0, 0.05) is 97.1 Å². The molecular weight excluding hydrogens is 857 g/mol. The highest BCUT2D eigenvalue weighted by atomic mass is 29.8. The second-order valence-electron chi connectivity index (χ2n) is 28.3. The molecule has 0 unspecified atom stereocenters. The average Bonchev–Trinajstić information content (AvgIpc) is 2.81. The molecule has 0 N–H and O–H groups in total. The maximum absolute atomic E-state index is 3.31. The van der Waals surface area contributed by atoms with E-state index in [1.807, 2.05) is 5.29 Å². The van der Waals surface area contributed by atoms with Crippen molar-refractivity contribution in [3.63, 3.8) is 0 Å². The second kappa shape index (κ2) is 16.4. The lowest BCUT2D eigenvalue weighted by Crippen LogP contribution is -2.92. The third-order valence-electron chi connectivity index (χ3n) is 14.1. The van der Waals surface area contributed by atoms with Gasteiger partial charge in [-0.05, 0) is 18.4 Å². The summed E-state index contributed by atoms with van der Waals surface area (Å²) in [6.45, 7) is 81.2. The highest BCUT2D eigenvalue weighted by Gasteiger charge is 2.76. The van der Waals surface area contributed by atoms with Gasteiger partial charge in [0.15, 0.2) is 0 Å². The lowest BCUT2D eigenvalue weighted by Gasteiger charge is -2.72. The van der Waals surface area contributed by atoms with Crippen LogP contribution in [0.3, 0.4) is 0 Å². The van der Waals surface area contributed by atoms with Gasteiger partial charge in [-0.1, -0.05) is 215 Å². The SMILES string of the molecule is CC(C)[Si](C([Si](C)(C)C)[Si](C)(C)C)(C([Si](C)(C)C)[Si](C)(C)C)[Si]1=C2C=C(N(C)C)C=CN2[Si@@H]1[Si](C(C)C)(C([Si](C)(C)C)[Si](C)(C)C)C([Si](C)(C)C)[Si](C)(C)C. The molecule has 0 bridgehead atoms. The van der Waals surface area contributed by atoms with Gasteiger partial charge in [-0.2, -0.15) is 0 Å². The van der Waals surface area contributed by atoms with Crippen LogP contribution >= 0.6 is 0 Å². The van der Waals surface area contributed by atoms with Crippen LogP contribution in [0.2, 0.25) is 187 Å². The molecule has 2 aliphatic heterocycles. The van der Waals surface area contributed by atoms with Gasteiger partial charge < -0.3 is 9.47 Å². The molecule has 0 fully saturated rings. The highest BCUT2D eigenvalue weighted by Crippen LogP contribution is 2.63. The van der Waals surface area contributed by atoms with Crippen LogP contribution in [0.5, 0.6) is 0 Å². The molecule has 0 saturated heterocycles. The fraction of sp³-hybridized carbons (Fsp3) is 0.878. The molecule has 0 spiro atoms. The van der Waals surface area contributed by atoms with E-state index in [1.54, 1.807) is 0 Å². The minimum atomic E-state index is -2.08. The van der Waals surface area contributed by atoms with Gasteiger partial charge in [-0.25, -0.2) is 0 Å². The van der Waals surface area contributed by atoms with Gasteiger partial charge in [0.05, 0.1) is 15.2 Å². The Hall–Kier alpha value is 1.55. The summed E-state index contributed by atoms with van der Waals surface area (Å²) in [4.78, 5) is 6.71. The van der Waals surface area contributed by atoms with Crippen molar-refractivity contribution in [2.75, 3.05) is 14.1 Å². The van der Waals surface area contributed by atoms with E-state index in [0.29, 0.717) is 0 Å². The Labute approximate surface area is 360 Å². The summed E-state index contributed by atoms with van der Waals surface area (Å²) in [6.07, 6.45) is 8.28. The zero-order valence-electron chi connectivity index (χ0n) is 43.2. The van der Waals surface area contributed by atoms with Crippen molar-refractivity contribution in [3.8, 4) is 0 Å². The van der Waals surface area contributed by atoms with E-state index in [1.165, 1.54) is 5.70 Å². The van der Waals surface area contributed by atoms with Crippen LogP contribution in [0.1, 0.15) is 27.7 Å². The van der Waals surface area contributed by atoms with Crippen molar-refractivity contribution in [1.29, 1.82) is 0 Å². The van der Waals surface area contributed by atoms with Gasteiger partial charge in [-0.3, -0.25) is 0 Å². The Morgan fingerprint density at radius 1 is 0.473 bits per heavy atom. The summed E-state index contributed by atoms with van der Waals surface area (Å²) >= 11 is 0. The first-order chi connectivity index (χ1) is 23.9. The standard InChI is InChI=1S/C41H100N2Si12/c1-34(2)54(38(46(7,8)9)47(10,11)12,39(48(13,14)15)49(16,17)18)44-37-33-36(42(5)6)31-32-43(37)45(44)55(35(3)4,40(50(19,20)21)51(22,23)24)41(52(25,26)27)53(28,29)30/h31-35,38-41,45H,1-30H3/t45-/m0/s1. The van der Waals surface area contributed by atoms with E-state index in [9.17, 15) is 0 Å². The summed E-state index contributed by atoms with van der Waals surface area (Å²) in [6, 6.07) is 0. The number of hydrogen-bond acceptors (Lipinski definition) is 2. The number of fused-ring (bicyclic) bond motifs is 1. The molecule has 2 nitrogen and oxygen atoms in total. The number of rotatable bonds is 17. The Morgan fingerprint density at radius 2 is 0.764 bits per heavy atom. The molecule has 2 aliphatic rings. The van der Waals surface area contributed by atoms with Crippen molar-refractivity contribution in [2.24, 2.45) is 0 Å². The minimum absolute atomic E-state index is 0.847. The van der Waals surface area contributed by atoms with Crippen LogP contribution < -0.4 is 0 Å². The van der Waals surface area contributed by atoms with E-state index in [-0.39, 0.29) is 0 Å². The van der Waals surface area contributed by atoms with Gasteiger partial charge >= 0.3 is 0 Å². The zero-order valence-corrected chi connectivity index (χ0v) is 55.3. The minimum Gasteiger partial charge on any atom is -0.384 e. The normalized spacial score (nSPS) is 19.1. The lowest BCUT2D eigenvalue weighted by molar-refractivity contribution is 0.527. The molecule has 0 aromatic rings. The molecule has 322 valence electrons. The van der Waals surface area contributed by atoms with Crippen molar-refractivity contribution < 1.29 is 0 Å². The molecule has 0 amide bonds. The van der Waals surface area contributed by atoms with Crippen molar-refractivity contribution in [1.82, 2.24) is 9.47 Å². The molecule has 0 radical (unpaired) electrons. The van der Waals surface area contributed by atoms with E-state index < -0.39 is 95.2 Å². The van der Waals surface area contributed by atoms with Crippen LogP contribution in [-0.2, 0) is 0 Å². The molecule has 0 aromatic heterocycles. The number of nitrogens with zero attached hydrogens (tertiary/aromatic N) is 2. The van der Waals surface area contributed by atoms with Gasteiger partial charge in [0.25, 0.3) is 0 Å². The molecule has 55 heavy (non-hydrogen) atoms. The van der Waals surface area contributed by atoms with E-state index >= 15 is 0 Å². The Kier molecular flexibility index (Phi) is 15.7. The fourth-order valence-corrected chi connectivity index (χ4v) is 242. The maximum Gasteiger partial charge on any atom is 0.141 e. The topological polar surface area (TPSA) is 6.48 Å². The quantitative estimate of drug-likeness (QED) is 0.134. The Bertz CT molecular complexity index is 1340. The van der Waals surface area contributed by atoms with Gasteiger partial charge in [-0.15, -0.1) is 0 Å². The predicted octanol–water partition coefficient (Wildman–Crippen LogP) is 13.7. The molecule has 14 heteroatoms. The fourth-order valence-electron chi connectivity index (χ4n) is 16.4. The molecule has 2 heterocycles. The van der Waals surface area contributed by atoms with Crippen LogP contribution in [0, 0.1) is 0 Å². The van der Waals surface area contributed by atoms with Crippen LogP contribution in [0.25, 0.3) is 0 Å². The highest BCUT2D eigenvalue weighted by molar-refractivity contribution is 7.80. The third kappa shape index (κ3) is 9.95. The molecule has 0 aliphatic carbocycles. The maximum atomic E-state index is 3.31. The summed E-state index contributed by atoms with van der Waals surface area (Å²) in [7, 11) is -14.7. The van der Waals surface area contributed by atoms with E-state index in [0.717, 1.165) is 30.2 Å². The van der Waals surface area contributed by atoms with Crippen LogP contribution in [-0.4, -0.2) is 124 Å². The van der Waals surface area contributed by atoms with Crippen molar-refractivity contribution in [3.05, 3.63) is 24.0 Å². The summed E-state index contributed by atoms with van der Waals surface area (Å²) in [5.74, 6) is 0. The first kappa shape index (κ1) is 52.7. The zero-order chi connectivity index (χ0) is 44.0.